The summed E-state index contributed by atoms with van der Waals surface area (Å²) >= 11 is 0. The van der Waals surface area contributed by atoms with Gasteiger partial charge in [-0.25, -0.2) is 0 Å². The minimum absolute atomic E-state index is 0.0445. The number of nitrogens with one attached hydrogen (secondary N) is 1. The summed E-state index contributed by atoms with van der Waals surface area (Å²) in [7, 11) is 0. The SMILES string of the molecule is Cc1ccc(OC(C)C(=O)NC2C3CC4CC(C3)CC2C4)cc1. The molecule has 4 fully saturated rings. The smallest absolute Gasteiger partial charge is 0.261 e. The Balaban J connectivity index is 1.37. The van der Waals surface area contributed by atoms with Gasteiger partial charge in [-0.05, 0) is 81.8 Å². The van der Waals surface area contributed by atoms with Crippen molar-refractivity contribution in [3.8, 4) is 5.75 Å². The standard InChI is InChI=1S/C20H27NO2/c1-12-3-5-18(6-4-12)23-13(2)20(22)21-19-16-8-14-7-15(10-16)11-17(19)9-14/h3-6,13-17,19H,7-11H2,1-2H3,(H,21,22). The Kier molecular flexibility index (Phi) is 3.82. The fraction of sp³-hybridized carbons (Fsp3) is 0.650. The predicted octanol–water partition coefficient (Wildman–Crippen LogP) is 3.70. The van der Waals surface area contributed by atoms with Gasteiger partial charge in [-0.2, -0.15) is 0 Å². The van der Waals surface area contributed by atoms with Crippen molar-refractivity contribution in [1.82, 2.24) is 5.32 Å². The van der Waals surface area contributed by atoms with Crippen LogP contribution in [-0.4, -0.2) is 18.1 Å². The van der Waals surface area contributed by atoms with Gasteiger partial charge >= 0.3 is 0 Å². The van der Waals surface area contributed by atoms with Crippen LogP contribution in [0, 0.1) is 30.6 Å². The number of carbonyl (C=O) groups is 1. The second-order valence-electron chi connectivity index (χ2n) is 8.04. The molecule has 0 saturated heterocycles. The lowest BCUT2D eigenvalue weighted by atomic mass is 9.54. The van der Waals surface area contributed by atoms with Gasteiger partial charge in [0.15, 0.2) is 6.10 Å². The number of carbonyl (C=O) groups excluding carboxylic acids is 1. The molecule has 1 amide bonds. The third-order valence-corrected chi connectivity index (χ3v) is 6.24. The maximum Gasteiger partial charge on any atom is 0.261 e. The first kappa shape index (κ1) is 15.0. The summed E-state index contributed by atoms with van der Waals surface area (Å²) in [5.74, 6) is 4.11. The van der Waals surface area contributed by atoms with E-state index in [4.69, 9.17) is 4.74 Å². The number of ether oxygens (including phenoxy) is 1. The van der Waals surface area contributed by atoms with E-state index < -0.39 is 6.10 Å². The van der Waals surface area contributed by atoms with Crippen molar-refractivity contribution in [2.75, 3.05) is 0 Å². The molecule has 0 aromatic heterocycles. The lowest BCUT2D eigenvalue weighted by Crippen LogP contribution is -2.57. The number of benzene rings is 1. The molecule has 4 aliphatic carbocycles. The molecule has 0 radical (unpaired) electrons. The molecule has 4 bridgehead atoms. The number of amides is 1. The number of hydrogen-bond acceptors (Lipinski definition) is 2. The molecule has 3 heteroatoms. The van der Waals surface area contributed by atoms with E-state index in [1.54, 1.807) is 0 Å². The molecule has 3 nitrogen and oxygen atoms in total. The van der Waals surface area contributed by atoms with Crippen LogP contribution in [0.25, 0.3) is 0 Å². The van der Waals surface area contributed by atoms with E-state index in [2.05, 4.69) is 5.32 Å². The fourth-order valence-corrected chi connectivity index (χ4v) is 5.32. The van der Waals surface area contributed by atoms with Crippen LogP contribution in [-0.2, 0) is 4.79 Å². The van der Waals surface area contributed by atoms with Crippen LogP contribution in [0.15, 0.2) is 24.3 Å². The van der Waals surface area contributed by atoms with Gasteiger partial charge in [0.25, 0.3) is 5.91 Å². The van der Waals surface area contributed by atoms with E-state index in [0.717, 1.165) is 17.6 Å². The van der Waals surface area contributed by atoms with Crippen molar-refractivity contribution in [3.05, 3.63) is 29.8 Å². The van der Waals surface area contributed by atoms with E-state index in [0.29, 0.717) is 17.9 Å². The molecule has 0 spiro atoms. The molecule has 1 aromatic rings. The first-order valence-corrected chi connectivity index (χ1v) is 9.12. The predicted molar refractivity (Wildman–Crippen MR) is 90.2 cm³/mol. The highest BCUT2D eigenvalue weighted by atomic mass is 16.5. The van der Waals surface area contributed by atoms with Crippen LogP contribution >= 0.6 is 0 Å². The number of rotatable bonds is 4. The van der Waals surface area contributed by atoms with Crippen molar-refractivity contribution in [2.24, 2.45) is 23.7 Å². The zero-order chi connectivity index (χ0) is 16.0. The molecule has 0 heterocycles. The quantitative estimate of drug-likeness (QED) is 0.920. The molecule has 4 saturated carbocycles. The highest BCUT2D eigenvalue weighted by Crippen LogP contribution is 2.53. The average molecular weight is 313 g/mol. The molecule has 1 unspecified atom stereocenters. The van der Waals surface area contributed by atoms with Crippen molar-refractivity contribution >= 4 is 5.91 Å². The second-order valence-corrected chi connectivity index (χ2v) is 8.04. The Bertz CT molecular complexity index is 552. The van der Waals surface area contributed by atoms with Crippen LogP contribution in [0.4, 0.5) is 0 Å². The molecule has 1 N–H and O–H groups in total. The summed E-state index contributed by atoms with van der Waals surface area (Å²) in [6, 6.07) is 8.28. The Morgan fingerprint density at radius 3 is 2.17 bits per heavy atom. The maximum absolute atomic E-state index is 12.6. The van der Waals surface area contributed by atoms with E-state index in [9.17, 15) is 4.79 Å². The average Bonchev–Trinajstić information content (AvgIpc) is 2.52. The van der Waals surface area contributed by atoms with Crippen LogP contribution < -0.4 is 10.1 Å². The maximum atomic E-state index is 12.6. The van der Waals surface area contributed by atoms with Crippen LogP contribution in [0.2, 0.25) is 0 Å². The van der Waals surface area contributed by atoms with Gasteiger partial charge in [0.05, 0.1) is 0 Å². The summed E-state index contributed by atoms with van der Waals surface area (Å²) in [6.45, 7) is 3.90. The van der Waals surface area contributed by atoms with E-state index in [-0.39, 0.29) is 5.91 Å². The molecule has 0 aliphatic heterocycles. The second kappa shape index (κ2) is 5.85. The van der Waals surface area contributed by atoms with Crippen LogP contribution in [0.3, 0.4) is 0 Å². The summed E-state index contributed by atoms with van der Waals surface area (Å²) < 4.78 is 5.81. The Hall–Kier alpha value is -1.51. The first-order chi connectivity index (χ1) is 11.1. The highest BCUT2D eigenvalue weighted by Gasteiger charge is 2.48. The Morgan fingerprint density at radius 1 is 1.04 bits per heavy atom. The molecule has 5 rings (SSSR count). The lowest BCUT2D eigenvalue weighted by molar-refractivity contribution is -0.131. The summed E-state index contributed by atoms with van der Waals surface area (Å²) in [5, 5.41) is 3.33. The third-order valence-electron chi connectivity index (χ3n) is 6.24. The number of aryl methyl sites for hydroxylation is 1. The monoisotopic (exact) mass is 313 g/mol. The Labute approximate surface area is 138 Å². The largest absolute Gasteiger partial charge is 0.481 e. The molecule has 1 aromatic carbocycles. The summed E-state index contributed by atoms with van der Waals surface area (Å²) in [5.41, 5.74) is 1.20. The molecule has 4 aliphatic rings. The molecular formula is C20H27NO2. The third kappa shape index (κ3) is 2.98. The zero-order valence-electron chi connectivity index (χ0n) is 14.1. The Morgan fingerprint density at radius 2 is 1.61 bits per heavy atom. The normalized spacial score (nSPS) is 35.8. The van der Waals surface area contributed by atoms with Gasteiger partial charge in [-0.3, -0.25) is 4.79 Å². The number of hydrogen-bond donors (Lipinski definition) is 1. The molecule has 23 heavy (non-hydrogen) atoms. The fourth-order valence-electron chi connectivity index (χ4n) is 5.32. The molecular weight excluding hydrogens is 286 g/mol. The first-order valence-electron chi connectivity index (χ1n) is 9.12. The van der Waals surface area contributed by atoms with Crippen molar-refractivity contribution in [2.45, 2.75) is 58.1 Å². The van der Waals surface area contributed by atoms with E-state index >= 15 is 0 Å². The van der Waals surface area contributed by atoms with Crippen LogP contribution in [0.1, 0.15) is 44.6 Å². The molecule has 1 atom stereocenters. The van der Waals surface area contributed by atoms with E-state index in [1.807, 2.05) is 38.1 Å². The van der Waals surface area contributed by atoms with Crippen molar-refractivity contribution in [3.63, 3.8) is 0 Å². The minimum Gasteiger partial charge on any atom is -0.481 e. The van der Waals surface area contributed by atoms with Crippen molar-refractivity contribution < 1.29 is 9.53 Å². The van der Waals surface area contributed by atoms with Gasteiger partial charge in [0, 0.05) is 6.04 Å². The minimum atomic E-state index is -0.435. The summed E-state index contributed by atoms with van der Waals surface area (Å²) in [4.78, 5) is 12.6. The van der Waals surface area contributed by atoms with Gasteiger partial charge in [0.2, 0.25) is 0 Å². The zero-order valence-corrected chi connectivity index (χ0v) is 14.1. The highest BCUT2D eigenvalue weighted by molar-refractivity contribution is 5.81. The summed E-state index contributed by atoms with van der Waals surface area (Å²) in [6.07, 6.45) is 6.31. The topological polar surface area (TPSA) is 38.3 Å². The van der Waals surface area contributed by atoms with Gasteiger partial charge in [-0.1, -0.05) is 17.7 Å². The van der Waals surface area contributed by atoms with Crippen LogP contribution in [0.5, 0.6) is 5.75 Å². The lowest BCUT2D eigenvalue weighted by Gasteiger charge is -2.54. The van der Waals surface area contributed by atoms with E-state index in [1.165, 1.54) is 37.7 Å². The molecule has 124 valence electrons. The van der Waals surface area contributed by atoms with Gasteiger partial charge in [-0.15, -0.1) is 0 Å². The van der Waals surface area contributed by atoms with Crippen molar-refractivity contribution in [1.29, 1.82) is 0 Å². The van der Waals surface area contributed by atoms with Gasteiger partial charge < -0.3 is 10.1 Å². The van der Waals surface area contributed by atoms with Gasteiger partial charge in [0.1, 0.15) is 5.75 Å².